The Kier molecular flexibility index (Phi) is 4.31. The predicted molar refractivity (Wildman–Crippen MR) is 106 cm³/mol. The zero-order valence-electron chi connectivity index (χ0n) is 16.0. The van der Waals surface area contributed by atoms with Crippen molar-refractivity contribution in [3.63, 3.8) is 0 Å². The van der Waals surface area contributed by atoms with E-state index in [-0.39, 0.29) is 11.9 Å². The molecule has 1 fully saturated rings. The topological polar surface area (TPSA) is 89.9 Å². The third-order valence-electron chi connectivity index (χ3n) is 5.32. The van der Waals surface area contributed by atoms with Gasteiger partial charge in [0.05, 0.1) is 11.8 Å². The van der Waals surface area contributed by atoms with Gasteiger partial charge >= 0.3 is 0 Å². The van der Waals surface area contributed by atoms with Crippen LogP contribution in [0.2, 0.25) is 0 Å². The van der Waals surface area contributed by atoms with Crippen LogP contribution < -0.4 is 0 Å². The van der Waals surface area contributed by atoms with Gasteiger partial charge in [0, 0.05) is 31.4 Å². The van der Waals surface area contributed by atoms with Crippen molar-refractivity contribution < 1.29 is 9.21 Å². The lowest BCUT2D eigenvalue weighted by Crippen LogP contribution is -2.38. The Morgan fingerprint density at radius 2 is 2.07 bits per heavy atom. The molecule has 146 valence electrons. The van der Waals surface area contributed by atoms with E-state index in [1.165, 1.54) is 0 Å². The Labute approximate surface area is 167 Å². The van der Waals surface area contributed by atoms with Crippen LogP contribution in [0.3, 0.4) is 0 Å². The summed E-state index contributed by atoms with van der Waals surface area (Å²) in [6.45, 7) is 0.655. The van der Waals surface area contributed by atoms with Crippen LogP contribution >= 0.6 is 0 Å². The van der Waals surface area contributed by atoms with Gasteiger partial charge in [0.25, 0.3) is 11.8 Å². The van der Waals surface area contributed by atoms with Crippen LogP contribution in [0.15, 0.2) is 53.3 Å². The highest BCUT2D eigenvalue weighted by molar-refractivity contribution is 5.94. The van der Waals surface area contributed by atoms with Gasteiger partial charge in [-0.2, -0.15) is 5.10 Å². The molecule has 1 aliphatic rings. The maximum atomic E-state index is 13.0. The molecule has 4 aromatic rings. The molecule has 1 aliphatic heterocycles. The third-order valence-corrected chi connectivity index (χ3v) is 5.32. The number of carbonyl (C=O) groups excluding carboxylic acids is 1. The summed E-state index contributed by atoms with van der Waals surface area (Å²) >= 11 is 0. The number of amides is 1. The molecule has 0 aliphatic carbocycles. The largest absolute Gasteiger partial charge is 0.417 e. The number of hydrogen-bond acceptors (Lipinski definition) is 6. The molecular formula is C21H20N6O2. The number of likely N-dealkylation sites (tertiary alicyclic amines) is 1. The Morgan fingerprint density at radius 1 is 1.17 bits per heavy atom. The molecule has 8 nitrogen and oxygen atoms in total. The highest BCUT2D eigenvalue weighted by atomic mass is 16.4. The Bertz CT molecular complexity index is 1180. The first-order chi connectivity index (χ1) is 14.2. The van der Waals surface area contributed by atoms with Crippen LogP contribution in [0, 0.1) is 0 Å². The number of aromatic nitrogens is 5. The fraction of sp³-hybridized carbons (Fsp3) is 0.286. The summed E-state index contributed by atoms with van der Waals surface area (Å²) in [6, 6.07) is 9.65. The van der Waals surface area contributed by atoms with Crippen LogP contribution in [0.5, 0.6) is 0 Å². The SMILES string of the molecule is Cn1cc(C(=O)N2CCCC[C@@H]2c2nnc(-c3nccc4ccccc34)o2)cn1. The number of aryl methyl sites for hydroxylation is 1. The molecule has 8 heteroatoms. The van der Waals surface area contributed by atoms with Crippen LogP contribution in [-0.4, -0.2) is 42.3 Å². The Morgan fingerprint density at radius 3 is 2.93 bits per heavy atom. The van der Waals surface area contributed by atoms with Gasteiger partial charge < -0.3 is 9.32 Å². The van der Waals surface area contributed by atoms with E-state index in [0.717, 1.165) is 30.0 Å². The van der Waals surface area contributed by atoms with Crippen molar-refractivity contribution >= 4 is 16.7 Å². The first kappa shape index (κ1) is 17.5. The molecule has 3 aromatic heterocycles. The second-order valence-electron chi connectivity index (χ2n) is 7.24. The molecule has 5 rings (SSSR count). The lowest BCUT2D eigenvalue weighted by Gasteiger charge is -2.33. The fourth-order valence-corrected chi connectivity index (χ4v) is 3.88. The maximum Gasteiger partial charge on any atom is 0.267 e. The Balaban J connectivity index is 1.49. The number of carbonyl (C=O) groups is 1. The first-order valence-corrected chi connectivity index (χ1v) is 9.68. The molecule has 4 heterocycles. The summed E-state index contributed by atoms with van der Waals surface area (Å²) in [4.78, 5) is 19.3. The molecule has 0 radical (unpaired) electrons. The zero-order chi connectivity index (χ0) is 19.8. The summed E-state index contributed by atoms with van der Waals surface area (Å²) in [6.07, 6.45) is 7.80. The fourth-order valence-electron chi connectivity index (χ4n) is 3.88. The summed E-state index contributed by atoms with van der Waals surface area (Å²) < 4.78 is 7.67. The van der Waals surface area contributed by atoms with E-state index in [4.69, 9.17) is 4.42 Å². The maximum absolute atomic E-state index is 13.0. The molecule has 1 amide bonds. The third kappa shape index (κ3) is 3.16. The summed E-state index contributed by atoms with van der Waals surface area (Å²) in [5, 5.41) is 14.7. The lowest BCUT2D eigenvalue weighted by atomic mass is 10.0. The van der Waals surface area contributed by atoms with Crippen molar-refractivity contribution in [3.05, 3.63) is 60.4 Å². The molecule has 0 spiro atoms. The van der Waals surface area contributed by atoms with E-state index in [2.05, 4.69) is 20.3 Å². The number of benzene rings is 1. The summed E-state index contributed by atoms with van der Waals surface area (Å²) in [5.41, 5.74) is 1.22. The van der Waals surface area contributed by atoms with Crippen LogP contribution in [0.4, 0.5) is 0 Å². The van der Waals surface area contributed by atoms with Gasteiger partial charge in [-0.1, -0.05) is 24.3 Å². The van der Waals surface area contributed by atoms with Gasteiger partial charge in [-0.3, -0.25) is 14.5 Å². The average Bonchev–Trinajstić information content (AvgIpc) is 3.42. The van der Waals surface area contributed by atoms with E-state index < -0.39 is 0 Å². The molecular weight excluding hydrogens is 368 g/mol. The smallest absolute Gasteiger partial charge is 0.267 e. The lowest BCUT2D eigenvalue weighted by molar-refractivity contribution is 0.0572. The van der Waals surface area contributed by atoms with Gasteiger partial charge in [-0.25, -0.2) is 0 Å². The van der Waals surface area contributed by atoms with Gasteiger partial charge in [0.15, 0.2) is 0 Å². The van der Waals surface area contributed by atoms with E-state index in [1.807, 2.05) is 35.2 Å². The van der Waals surface area contributed by atoms with Crippen molar-refractivity contribution in [1.82, 2.24) is 29.9 Å². The van der Waals surface area contributed by atoms with Gasteiger partial charge in [0.1, 0.15) is 11.7 Å². The number of piperidine rings is 1. The summed E-state index contributed by atoms with van der Waals surface area (Å²) in [7, 11) is 1.80. The van der Waals surface area contributed by atoms with Crippen molar-refractivity contribution in [2.75, 3.05) is 6.54 Å². The van der Waals surface area contributed by atoms with Crippen molar-refractivity contribution in [2.45, 2.75) is 25.3 Å². The molecule has 1 saturated heterocycles. The van der Waals surface area contributed by atoms with Gasteiger partial charge in [-0.15, -0.1) is 10.2 Å². The predicted octanol–water partition coefficient (Wildman–Crippen LogP) is 3.39. The minimum absolute atomic E-state index is 0.0640. The zero-order valence-corrected chi connectivity index (χ0v) is 16.0. The number of hydrogen-bond donors (Lipinski definition) is 0. The average molecular weight is 388 g/mol. The van der Waals surface area contributed by atoms with E-state index in [9.17, 15) is 4.79 Å². The van der Waals surface area contributed by atoms with E-state index in [0.29, 0.717) is 29.6 Å². The minimum atomic E-state index is -0.243. The monoisotopic (exact) mass is 388 g/mol. The standard InChI is InChI=1S/C21H20N6O2/c1-26-13-15(12-23-26)21(28)27-11-5-4-8-17(27)19-24-25-20(29-19)18-16-7-3-2-6-14(16)9-10-22-18/h2-3,6-7,9-10,12-13,17H,4-5,8,11H2,1H3/t17-/m1/s1. The van der Waals surface area contributed by atoms with Gasteiger partial charge in [-0.05, 0) is 30.7 Å². The molecule has 0 N–H and O–H groups in total. The second kappa shape index (κ2) is 7.12. The highest BCUT2D eigenvalue weighted by Gasteiger charge is 2.33. The highest BCUT2D eigenvalue weighted by Crippen LogP contribution is 2.33. The first-order valence-electron chi connectivity index (χ1n) is 9.68. The Hall–Kier alpha value is -3.55. The number of rotatable bonds is 3. The molecule has 0 bridgehead atoms. The molecule has 0 saturated carbocycles. The number of fused-ring (bicyclic) bond motifs is 1. The second-order valence-corrected chi connectivity index (χ2v) is 7.24. The number of pyridine rings is 1. The van der Waals surface area contributed by atoms with Crippen molar-refractivity contribution in [2.24, 2.45) is 7.05 Å². The molecule has 1 atom stereocenters. The molecule has 1 aromatic carbocycles. The van der Waals surface area contributed by atoms with Crippen molar-refractivity contribution in [3.8, 4) is 11.6 Å². The van der Waals surface area contributed by atoms with E-state index >= 15 is 0 Å². The van der Waals surface area contributed by atoms with Gasteiger partial charge in [0.2, 0.25) is 5.89 Å². The van der Waals surface area contributed by atoms with Crippen LogP contribution in [-0.2, 0) is 7.05 Å². The quantitative estimate of drug-likeness (QED) is 0.534. The minimum Gasteiger partial charge on any atom is -0.417 e. The molecule has 0 unspecified atom stereocenters. The number of nitrogens with zero attached hydrogens (tertiary/aromatic N) is 6. The van der Waals surface area contributed by atoms with E-state index in [1.54, 1.807) is 30.3 Å². The molecule has 29 heavy (non-hydrogen) atoms. The van der Waals surface area contributed by atoms with Crippen LogP contribution in [0.1, 0.15) is 41.6 Å². The van der Waals surface area contributed by atoms with Crippen molar-refractivity contribution in [1.29, 1.82) is 0 Å². The van der Waals surface area contributed by atoms with Crippen LogP contribution in [0.25, 0.3) is 22.4 Å². The normalized spacial score (nSPS) is 17.0. The summed E-state index contributed by atoms with van der Waals surface area (Å²) in [5.74, 6) is 0.758.